The Labute approximate surface area is 147 Å². The number of phenols is 1. The molecule has 0 amide bonds. The van der Waals surface area contributed by atoms with Crippen LogP contribution in [0.4, 0.5) is 5.69 Å². The smallest absolute Gasteiger partial charge is 0.161 e. The van der Waals surface area contributed by atoms with Gasteiger partial charge in [0.15, 0.2) is 11.5 Å². The van der Waals surface area contributed by atoms with Crippen LogP contribution in [-0.2, 0) is 11.4 Å². The van der Waals surface area contributed by atoms with Crippen molar-refractivity contribution in [2.24, 2.45) is 10.3 Å². The summed E-state index contributed by atoms with van der Waals surface area (Å²) in [7, 11) is 1.50. The molecule has 0 atom stereocenters. The van der Waals surface area contributed by atoms with E-state index in [2.05, 4.69) is 32.9 Å². The van der Waals surface area contributed by atoms with E-state index in [0.29, 0.717) is 17.1 Å². The fraction of sp³-hybridized carbons (Fsp3) is 0.188. The van der Waals surface area contributed by atoms with Crippen molar-refractivity contribution in [1.29, 1.82) is 0 Å². The van der Waals surface area contributed by atoms with Crippen LogP contribution < -0.4 is 4.74 Å². The van der Waals surface area contributed by atoms with Gasteiger partial charge in [0, 0.05) is 9.13 Å². The minimum atomic E-state index is 0.0504. The molecule has 0 heterocycles. The fourth-order valence-corrected chi connectivity index (χ4v) is 2.72. The molecule has 0 saturated carbocycles. The second-order valence-electron chi connectivity index (χ2n) is 4.71. The highest BCUT2D eigenvalue weighted by atomic mass is 127. The normalized spacial score (nSPS) is 11.2. The van der Waals surface area contributed by atoms with E-state index in [9.17, 15) is 10.0 Å². The van der Waals surface area contributed by atoms with Gasteiger partial charge in [0.25, 0.3) is 0 Å². The number of oxime groups is 1. The number of nitroso groups, excluding NO2 is 1. The van der Waals surface area contributed by atoms with E-state index in [1.165, 1.54) is 7.11 Å². The Balaban J connectivity index is 2.07. The van der Waals surface area contributed by atoms with Crippen LogP contribution in [0.15, 0.2) is 46.7 Å². The molecule has 7 heteroatoms. The van der Waals surface area contributed by atoms with Crippen LogP contribution >= 0.6 is 22.6 Å². The number of ether oxygens (including phenoxy) is 1. The molecule has 0 aliphatic heterocycles. The monoisotopic (exact) mass is 426 g/mol. The van der Waals surface area contributed by atoms with E-state index < -0.39 is 0 Å². The average molecular weight is 426 g/mol. The number of hydrogen-bond acceptors (Lipinski definition) is 6. The van der Waals surface area contributed by atoms with Gasteiger partial charge in [-0.3, -0.25) is 0 Å². The number of benzene rings is 2. The zero-order chi connectivity index (χ0) is 16.8. The molecule has 0 unspecified atom stereocenters. The first-order chi connectivity index (χ1) is 11.0. The van der Waals surface area contributed by atoms with Crippen molar-refractivity contribution in [2.45, 2.75) is 13.5 Å². The predicted octanol–water partition coefficient (Wildman–Crippen LogP) is 4.34. The van der Waals surface area contributed by atoms with E-state index in [1.54, 1.807) is 43.3 Å². The average Bonchev–Trinajstić information content (AvgIpc) is 2.57. The minimum Gasteiger partial charge on any atom is -0.504 e. The maximum Gasteiger partial charge on any atom is 0.161 e. The Bertz CT molecular complexity index is 730. The summed E-state index contributed by atoms with van der Waals surface area (Å²) < 4.78 is 5.95. The Morgan fingerprint density at radius 1 is 1.26 bits per heavy atom. The Morgan fingerprint density at radius 2 is 1.96 bits per heavy atom. The second kappa shape index (κ2) is 7.91. The third-order valence-electron chi connectivity index (χ3n) is 3.13. The van der Waals surface area contributed by atoms with Gasteiger partial charge < -0.3 is 14.7 Å². The summed E-state index contributed by atoms with van der Waals surface area (Å²) in [6.07, 6.45) is 0. The SMILES string of the molecule is COc1cc(I)c(/C(C)=N/OCc2ccc(N=O)cc2)cc1O. The van der Waals surface area contributed by atoms with Gasteiger partial charge >= 0.3 is 0 Å². The topological polar surface area (TPSA) is 80.5 Å². The van der Waals surface area contributed by atoms with Crippen molar-refractivity contribution in [3.05, 3.63) is 56.0 Å². The molecule has 2 aromatic carbocycles. The maximum absolute atomic E-state index is 10.3. The van der Waals surface area contributed by atoms with Crippen molar-refractivity contribution in [3.63, 3.8) is 0 Å². The summed E-state index contributed by atoms with van der Waals surface area (Å²) in [5, 5.41) is 16.8. The van der Waals surface area contributed by atoms with E-state index in [0.717, 1.165) is 14.7 Å². The highest BCUT2D eigenvalue weighted by Crippen LogP contribution is 2.30. The first-order valence-electron chi connectivity index (χ1n) is 6.71. The second-order valence-corrected chi connectivity index (χ2v) is 5.87. The standard InChI is InChI=1S/C16H15IN2O4/c1-10(13-7-15(20)16(22-2)8-14(13)17)19-23-9-11-3-5-12(18-21)6-4-11/h3-8,20H,9H2,1-2H3/b19-10+. The number of halogens is 1. The van der Waals surface area contributed by atoms with Gasteiger partial charge in [0.05, 0.1) is 12.8 Å². The molecule has 2 aromatic rings. The van der Waals surface area contributed by atoms with Crippen LogP contribution in [0.5, 0.6) is 11.5 Å². The van der Waals surface area contributed by atoms with Gasteiger partial charge in [-0.1, -0.05) is 17.3 Å². The fourth-order valence-electron chi connectivity index (χ4n) is 1.89. The third kappa shape index (κ3) is 4.41. The van der Waals surface area contributed by atoms with E-state index in [1.807, 2.05) is 0 Å². The van der Waals surface area contributed by atoms with Crippen molar-refractivity contribution < 1.29 is 14.7 Å². The number of phenolic OH excluding ortho intramolecular Hbond substituents is 1. The van der Waals surface area contributed by atoms with Gasteiger partial charge in [-0.15, -0.1) is 4.91 Å². The predicted molar refractivity (Wildman–Crippen MR) is 96.3 cm³/mol. The lowest BCUT2D eigenvalue weighted by Gasteiger charge is -2.09. The molecule has 1 N–H and O–H groups in total. The molecule has 2 rings (SSSR count). The molecule has 0 spiro atoms. The summed E-state index contributed by atoms with van der Waals surface area (Å²) in [6, 6.07) is 10.1. The van der Waals surface area contributed by atoms with Crippen LogP contribution in [0.25, 0.3) is 0 Å². The quantitative estimate of drug-likeness (QED) is 0.323. The molecular formula is C16H15IN2O4. The van der Waals surface area contributed by atoms with E-state index >= 15 is 0 Å². The molecular weight excluding hydrogens is 411 g/mol. The van der Waals surface area contributed by atoms with Gasteiger partial charge in [-0.25, -0.2) is 0 Å². The molecule has 6 nitrogen and oxygen atoms in total. The van der Waals surface area contributed by atoms with Crippen molar-refractivity contribution in [1.82, 2.24) is 0 Å². The Morgan fingerprint density at radius 3 is 2.57 bits per heavy atom. The van der Waals surface area contributed by atoms with Crippen molar-refractivity contribution in [2.75, 3.05) is 7.11 Å². The zero-order valence-corrected chi connectivity index (χ0v) is 14.8. The molecule has 0 saturated heterocycles. The minimum absolute atomic E-state index is 0.0504. The molecule has 0 bridgehead atoms. The van der Waals surface area contributed by atoms with Crippen LogP contribution in [0, 0.1) is 8.48 Å². The third-order valence-corrected chi connectivity index (χ3v) is 4.03. The largest absolute Gasteiger partial charge is 0.504 e. The molecule has 0 fully saturated rings. The molecule has 23 heavy (non-hydrogen) atoms. The summed E-state index contributed by atoms with van der Waals surface area (Å²) in [5.41, 5.74) is 2.65. The Hall–Kier alpha value is -2.16. The van der Waals surface area contributed by atoms with Crippen LogP contribution in [0.3, 0.4) is 0 Å². The summed E-state index contributed by atoms with van der Waals surface area (Å²) >= 11 is 2.14. The summed E-state index contributed by atoms with van der Waals surface area (Å²) in [5.74, 6) is 0.463. The number of nitrogens with zero attached hydrogens (tertiary/aromatic N) is 2. The van der Waals surface area contributed by atoms with Gasteiger partial charge in [0.2, 0.25) is 0 Å². The van der Waals surface area contributed by atoms with Crippen molar-refractivity contribution >= 4 is 34.0 Å². The van der Waals surface area contributed by atoms with Gasteiger partial charge in [-0.05, 0) is 64.5 Å². The maximum atomic E-state index is 10.3. The van der Waals surface area contributed by atoms with Crippen molar-refractivity contribution in [3.8, 4) is 11.5 Å². The van der Waals surface area contributed by atoms with E-state index in [-0.39, 0.29) is 12.4 Å². The summed E-state index contributed by atoms with van der Waals surface area (Å²) in [6.45, 7) is 2.07. The zero-order valence-electron chi connectivity index (χ0n) is 12.6. The molecule has 0 radical (unpaired) electrons. The van der Waals surface area contributed by atoms with E-state index in [4.69, 9.17) is 9.57 Å². The van der Waals surface area contributed by atoms with Crippen LogP contribution in [-0.4, -0.2) is 17.9 Å². The first-order valence-corrected chi connectivity index (χ1v) is 7.78. The highest BCUT2D eigenvalue weighted by Gasteiger charge is 2.10. The first kappa shape index (κ1) is 17.2. The van der Waals surface area contributed by atoms with Crippen LogP contribution in [0.1, 0.15) is 18.1 Å². The highest BCUT2D eigenvalue weighted by molar-refractivity contribution is 14.1. The summed E-state index contributed by atoms with van der Waals surface area (Å²) in [4.78, 5) is 15.7. The number of hydrogen-bond donors (Lipinski definition) is 1. The molecule has 120 valence electrons. The Kier molecular flexibility index (Phi) is 5.91. The molecule has 0 aromatic heterocycles. The molecule has 0 aliphatic carbocycles. The van der Waals surface area contributed by atoms with Gasteiger partial charge in [-0.2, -0.15) is 0 Å². The number of methoxy groups -OCH3 is 1. The van der Waals surface area contributed by atoms with Gasteiger partial charge in [0.1, 0.15) is 12.3 Å². The molecule has 0 aliphatic rings. The van der Waals surface area contributed by atoms with Crippen LogP contribution in [0.2, 0.25) is 0 Å². The number of aromatic hydroxyl groups is 1. The lowest BCUT2D eigenvalue weighted by Crippen LogP contribution is -2.00. The lowest BCUT2D eigenvalue weighted by atomic mass is 10.1. The lowest BCUT2D eigenvalue weighted by molar-refractivity contribution is 0.130. The number of rotatable bonds is 6.